The van der Waals surface area contributed by atoms with E-state index < -0.39 is 4.92 Å². The highest BCUT2D eigenvalue weighted by atomic mass is 79.9. The van der Waals surface area contributed by atoms with E-state index in [4.69, 9.17) is 0 Å². The molecule has 138 valence electrons. The van der Waals surface area contributed by atoms with Gasteiger partial charge in [-0.05, 0) is 45.1 Å². The minimum absolute atomic E-state index is 0.148. The van der Waals surface area contributed by atoms with Crippen LogP contribution in [0.2, 0.25) is 0 Å². The van der Waals surface area contributed by atoms with Gasteiger partial charge in [0.15, 0.2) is 0 Å². The molecule has 0 saturated heterocycles. The van der Waals surface area contributed by atoms with E-state index in [9.17, 15) is 14.9 Å². The highest BCUT2D eigenvalue weighted by Crippen LogP contribution is 2.33. The first kappa shape index (κ1) is 19.1. The summed E-state index contributed by atoms with van der Waals surface area (Å²) >= 11 is 4.66. The fourth-order valence-electron chi connectivity index (χ4n) is 2.33. The van der Waals surface area contributed by atoms with Crippen LogP contribution in [-0.4, -0.2) is 20.6 Å². The number of benzene rings is 2. The summed E-state index contributed by atoms with van der Waals surface area (Å²) in [7, 11) is 0. The summed E-state index contributed by atoms with van der Waals surface area (Å²) in [6.45, 7) is 0.242. The molecule has 1 aromatic heterocycles. The van der Waals surface area contributed by atoms with Crippen LogP contribution in [0.4, 0.5) is 11.5 Å². The fourth-order valence-corrected chi connectivity index (χ4v) is 3.71. The highest BCUT2D eigenvalue weighted by Gasteiger charge is 2.19. The van der Waals surface area contributed by atoms with Gasteiger partial charge in [0, 0.05) is 16.2 Å². The van der Waals surface area contributed by atoms with Gasteiger partial charge in [-0.2, -0.15) is 4.68 Å². The highest BCUT2D eigenvalue weighted by molar-refractivity contribution is 9.10. The van der Waals surface area contributed by atoms with Crippen molar-refractivity contribution in [3.63, 3.8) is 0 Å². The van der Waals surface area contributed by atoms with Gasteiger partial charge in [-0.15, -0.1) is 0 Å². The number of nitro groups is 1. The van der Waals surface area contributed by atoms with Crippen molar-refractivity contribution in [3.05, 3.63) is 75.4 Å². The second kappa shape index (κ2) is 8.83. The van der Waals surface area contributed by atoms with Crippen LogP contribution in [0.5, 0.6) is 0 Å². The number of aryl methyl sites for hydroxylation is 1. The molecule has 1 heterocycles. The Morgan fingerprint density at radius 1 is 1.19 bits per heavy atom. The van der Waals surface area contributed by atoms with E-state index in [1.54, 1.807) is 11.8 Å². The number of amides is 1. The zero-order chi connectivity index (χ0) is 19.2. The lowest BCUT2D eigenvalue weighted by Crippen LogP contribution is -2.15. The lowest BCUT2D eigenvalue weighted by Gasteiger charge is -2.10. The third kappa shape index (κ3) is 5.18. The molecule has 2 aromatic carbocycles. The maximum atomic E-state index is 12.3. The minimum Gasteiger partial charge on any atom is -0.358 e. The van der Waals surface area contributed by atoms with Crippen LogP contribution in [0, 0.1) is 10.1 Å². The molecule has 0 aliphatic carbocycles. The van der Waals surface area contributed by atoms with Crippen molar-refractivity contribution in [2.75, 3.05) is 5.32 Å². The quantitative estimate of drug-likeness (QED) is 0.418. The van der Waals surface area contributed by atoms with E-state index in [1.165, 1.54) is 10.9 Å². The predicted octanol–water partition coefficient (Wildman–Crippen LogP) is 4.73. The van der Waals surface area contributed by atoms with Crippen LogP contribution < -0.4 is 5.32 Å². The Balaban J connectivity index is 1.63. The van der Waals surface area contributed by atoms with Gasteiger partial charge in [-0.3, -0.25) is 4.79 Å². The van der Waals surface area contributed by atoms with Gasteiger partial charge in [0.25, 0.3) is 0 Å². The van der Waals surface area contributed by atoms with Crippen LogP contribution >= 0.6 is 27.7 Å². The van der Waals surface area contributed by atoms with Crippen molar-refractivity contribution in [1.29, 1.82) is 0 Å². The van der Waals surface area contributed by atoms with Gasteiger partial charge in [0.1, 0.15) is 4.47 Å². The third-order valence-corrected chi connectivity index (χ3v) is 5.22. The van der Waals surface area contributed by atoms with E-state index in [-0.39, 0.29) is 29.2 Å². The molecular weight excluding hydrogens is 432 g/mol. The Kier molecular flexibility index (Phi) is 6.25. The summed E-state index contributed by atoms with van der Waals surface area (Å²) in [6.07, 6.45) is 1.64. The predicted molar refractivity (Wildman–Crippen MR) is 107 cm³/mol. The summed E-state index contributed by atoms with van der Waals surface area (Å²) < 4.78 is 1.67. The molecule has 7 nitrogen and oxygen atoms in total. The number of rotatable bonds is 7. The van der Waals surface area contributed by atoms with Crippen molar-refractivity contribution >= 4 is 45.1 Å². The number of carbonyl (C=O) groups excluding carboxylic acids is 1. The Bertz CT molecular complexity index is 962. The number of carbonyl (C=O) groups is 1. The Labute approximate surface area is 168 Å². The molecule has 27 heavy (non-hydrogen) atoms. The molecule has 3 rings (SSSR count). The van der Waals surface area contributed by atoms with Crippen LogP contribution in [0.1, 0.15) is 6.42 Å². The number of nitrogens with zero attached hydrogens (tertiary/aromatic N) is 3. The standard InChI is InChI=1S/C18H15BrN4O3S/c19-14-12-22(21-18(14)23(25)26)11-10-17(24)20-15-8-4-5-9-16(15)27-13-6-2-1-3-7-13/h1-9,12H,10-11H2,(H,20,24). The van der Waals surface area contributed by atoms with Crippen molar-refractivity contribution in [3.8, 4) is 0 Å². The average molecular weight is 447 g/mol. The second-order valence-electron chi connectivity index (χ2n) is 5.53. The number of halogens is 1. The molecule has 0 radical (unpaired) electrons. The number of aromatic nitrogens is 2. The van der Waals surface area contributed by atoms with Crippen LogP contribution in [0.25, 0.3) is 0 Å². The van der Waals surface area contributed by atoms with Crippen LogP contribution in [0.3, 0.4) is 0 Å². The summed E-state index contributed by atoms with van der Waals surface area (Å²) in [5, 5.41) is 17.6. The second-order valence-corrected chi connectivity index (χ2v) is 7.50. The molecule has 0 unspecified atom stereocenters. The van der Waals surface area contributed by atoms with Gasteiger partial charge in [0.2, 0.25) is 5.91 Å². The molecule has 9 heteroatoms. The summed E-state index contributed by atoms with van der Waals surface area (Å²) in [6, 6.07) is 17.5. The summed E-state index contributed by atoms with van der Waals surface area (Å²) in [5.74, 6) is -0.453. The van der Waals surface area contributed by atoms with Crippen molar-refractivity contribution in [1.82, 2.24) is 9.78 Å². The maximum absolute atomic E-state index is 12.3. The van der Waals surface area contributed by atoms with E-state index in [2.05, 4.69) is 26.3 Å². The Hall–Kier alpha value is -2.65. The first-order valence-corrected chi connectivity index (χ1v) is 9.63. The van der Waals surface area contributed by atoms with E-state index >= 15 is 0 Å². The number of anilines is 1. The van der Waals surface area contributed by atoms with Gasteiger partial charge in [-0.1, -0.05) is 42.1 Å². The number of hydrogen-bond donors (Lipinski definition) is 1. The zero-order valence-electron chi connectivity index (χ0n) is 14.0. The van der Waals surface area contributed by atoms with Crippen molar-refractivity contribution < 1.29 is 9.72 Å². The van der Waals surface area contributed by atoms with Crippen molar-refractivity contribution in [2.45, 2.75) is 22.8 Å². The Morgan fingerprint density at radius 2 is 1.89 bits per heavy atom. The van der Waals surface area contributed by atoms with Crippen molar-refractivity contribution in [2.24, 2.45) is 0 Å². The Morgan fingerprint density at radius 3 is 2.59 bits per heavy atom. The topological polar surface area (TPSA) is 90.1 Å². The van der Waals surface area contributed by atoms with Crippen LogP contribution in [-0.2, 0) is 11.3 Å². The molecule has 3 aromatic rings. The first-order valence-electron chi connectivity index (χ1n) is 8.02. The lowest BCUT2D eigenvalue weighted by atomic mass is 10.3. The molecule has 0 fully saturated rings. The zero-order valence-corrected chi connectivity index (χ0v) is 16.4. The van der Waals surface area contributed by atoms with E-state index in [1.807, 2.05) is 54.6 Å². The van der Waals surface area contributed by atoms with Gasteiger partial charge in [-0.25, -0.2) is 0 Å². The van der Waals surface area contributed by atoms with Gasteiger partial charge >= 0.3 is 5.82 Å². The molecule has 0 aliphatic heterocycles. The molecule has 1 N–H and O–H groups in total. The number of para-hydroxylation sites is 1. The summed E-state index contributed by atoms with van der Waals surface area (Å²) in [4.78, 5) is 24.6. The SMILES string of the molecule is O=C(CCn1cc(Br)c([N+](=O)[O-])n1)Nc1ccccc1Sc1ccccc1. The molecule has 0 saturated carbocycles. The normalized spacial score (nSPS) is 10.6. The summed E-state index contributed by atoms with van der Waals surface area (Å²) in [5.41, 5.74) is 0.726. The van der Waals surface area contributed by atoms with E-state index in [0.29, 0.717) is 0 Å². The molecular formula is C18H15BrN4O3S. The lowest BCUT2D eigenvalue weighted by molar-refractivity contribution is -0.390. The van der Waals surface area contributed by atoms with Gasteiger partial charge in [0.05, 0.1) is 23.5 Å². The monoisotopic (exact) mass is 446 g/mol. The third-order valence-electron chi connectivity index (χ3n) is 3.57. The molecule has 0 aliphatic rings. The maximum Gasteiger partial charge on any atom is 0.404 e. The minimum atomic E-state index is -0.572. The average Bonchev–Trinajstić information content (AvgIpc) is 3.04. The molecule has 0 spiro atoms. The largest absolute Gasteiger partial charge is 0.404 e. The van der Waals surface area contributed by atoms with Crippen LogP contribution in [0.15, 0.2) is 75.1 Å². The first-order chi connectivity index (χ1) is 13.0. The molecule has 1 amide bonds. The number of hydrogen-bond acceptors (Lipinski definition) is 5. The molecule has 0 atom stereocenters. The number of nitrogens with one attached hydrogen (secondary N) is 1. The van der Waals surface area contributed by atoms with E-state index in [0.717, 1.165) is 15.5 Å². The molecule has 0 bridgehead atoms. The van der Waals surface area contributed by atoms with Gasteiger partial charge < -0.3 is 15.4 Å². The smallest absolute Gasteiger partial charge is 0.358 e. The fraction of sp³-hybridized carbons (Fsp3) is 0.111.